The van der Waals surface area contributed by atoms with E-state index < -0.39 is 0 Å². The van der Waals surface area contributed by atoms with Gasteiger partial charge in [0.15, 0.2) is 0 Å². The number of hydrazine groups is 1. The van der Waals surface area contributed by atoms with Gasteiger partial charge in [0.2, 0.25) is 0 Å². The highest BCUT2D eigenvalue weighted by Crippen LogP contribution is 2.20. The van der Waals surface area contributed by atoms with E-state index in [2.05, 4.69) is 32.7 Å². The number of hydrogen-bond acceptors (Lipinski definition) is 6. The van der Waals surface area contributed by atoms with Crippen LogP contribution in [-0.2, 0) is 20.0 Å². The number of nitrogens with one attached hydrogen (secondary N) is 2. The molecule has 2 aromatic rings. The average molecular weight is 275 g/mol. The van der Waals surface area contributed by atoms with Crippen molar-refractivity contribution in [2.24, 2.45) is 12.9 Å². The predicted molar refractivity (Wildman–Crippen MR) is 79.1 cm³/mol. The van der Waals surface area contributed by atoms with E-state index in [-0.39, 0.29) is 0 Å². The van der Waals surface area contributed by atoms with Crippen molar-refractivity contribution >= 4 is 11.6 Å². The summed E-state index contributed by atoms with van der Waals surface area (Å²) >= 11 is 0. The standard InChI is InChI=1S/C13H21N7/c1-4-5-11-17-12(9(2)13(18-11)19-14)15-6-10-7-16-20(3)8-10/h7-8H,4-6,14H2,1-3H3,(H2,15,17,18,19). The highest BCUT2D eigenvalue weighted by Gasteiger charge is 2.10. The Morgan fingerprint density at radius 2 is 2.05 bits per heavy atom. The largest absolute Gasteiger partial charge is 0.365 e. The van der Waals surface area contributed by atoms with E-state index in [0.717, 1.165) is 35.6 Å². The number of rotatable bonds is 6. The molecule has 0 saturated heterocycles. The second-order valence-corrected chi connectivity index (χ2v) is 4.73. The minimum Gasteiger partial charge on any atom is -0.365 e. The molecule has 0 aliphatic carbocycles. The Labute approximate surface area is 118 Å². The Bertz CT molecular complexity index is 576. The Kier molecular flexibility index (Phi) is 4.52. The number of aryl methyl sites for hydroxylation is 2. The molecular formula is C13H21N7. The van der Waals surface area contributed by atoms with E-state index in [1.807, 2.05) is 26.4 Å². The molecule has 0 radical (unpaired) electrons. The molecule has 20 heavy (non-hydrogen) atoms. The first kappa shape index (κ1) is 14.3. The fraction of sp³-hybridized carbons (Fsp3) is 0.462. The molecule has 108 valence electrons. The lowest BCUT2D eigenvalue weighted by atomic mass is 10.2. The topological polar surface area (TPSA) is 93.7 Å². The molecule has 2 heterocycles. The summed E-state index contributed by atoms with van der Waals surface area (Å²) in [5.41, 5.74) is 4.64. The van der Waals surface area contributed by atoms with Crippen LogP contribution in [-0.4, -0.2) is 19.7 Å². The molecule has 0 aromatic carbocycles. The molecule has 0 bridgehead atoms. The fourth-order valence-corrected chi connectivity index (χ4v) is 1.96. The van der Waals surface area contributed by atoms with Gasteiger partial charge < -0.3 is 10.7 Å². The Morgan fingerprint density at radius 3 is 2.65 bits per heavy atom. The number of nitrogens with two attached hydrogens (primary N) is 1. The summed E-state index contributed by atoms with van der Waals surface area (Å²) in [7, 11) is 1.90. The Balaban J connectivity index is 2.18. The molecule has 4 N–H and O–H groups in total. The second-order valence-electron chi connectivity index (χ2n) is 4.73. The molecule has 0 atom stereocenters. The van der Waals surface area contributed by atoms with Crippen LogP contribution in [0.2, 0.25) is 0 Å². The van der Waals surface area contributed by atoms with Crippen molar-refractivity contribution in [1.82, 2.24) is 19.7 Å². The fourth-order valence-electron chi connectivity index (χ4n) is 1.96. The maximum absolute atomic E-state index is 5.51. The van der Waals surface area contributed by atoms with Crippen LogP contribution in [0.3, 0.4) is 0 Å². The first-order valence-corrected chi connectivity index (χ1v) is 6.69. The van der Waals surface area contributed by atoms with E-state index in [0.29, 0.717) is 12.4 Å². The lowest BCUT2D eigenvalue weighted by molar-refractivity contribution is 0.767. The first-order valence-electron chi connectivity index (χ1n) is 6.69. The number of aromatic nitrogens is 4. The van der Waals surface area contributed by atoms with E-state index in [9.17, 15) is 0 Å². The molecular weight excluding hydrogens is 254 g/mol. The Morgan fingerprint density at radius 1 is 1.30 bits per heavy atom. The zero-order chi connectivity index (χ0) is 14.5. The zero-order valence-electron chi connectivity index (χ0n) is 12.1. The maximum Gasteiger partial charge on any atom is 0.148 e. The number of anilines is 2. The van der Waals surface area contributed by atoms with Gasteiger partial charge in [0.05, 0.1) is 6.20 Å². The SMILES string of the molecule is CCCc1nc(NN)c(C)c(NCc2cnn(C)c2)n1. The van der Waals surface area contributed by atoms with Crippen LogP contribution in [0.25, 0.3) is 0 Å². The van der Waals surface area contributed by atoms with Crippen molar-refractivity contribution in [3.8, 4) is 0 Å². The van der Waals surface area contributed by atoms with Gasteiger partial charge in [-0.25, -0.2) is 15.8 Å². The summed E-state index contributed by atoms with van der Waals surface area (Å²) < 4.78 is 1.78. The van der Waals surface area contributed by atoms with Crippen LogP contribution in [0.1, 0.15) is 30.3 Å². The van der Waals surface area contributed by atoms with Crippen LogP contribution in [0.15, 0.2) is 12.4 Å². The van der Waals surface area contributed by atoms with Gasteiger partial charge in [-0.2, -0.15) is 5.10 Å². The van der Waals surface area contributed by atoms with E-state index in [1.54, 1.807) is 4.68 Å². The van der Waals surface area contributed by atoms with Gasteiger partial charge in [0.1, 0.15) is 17.5 Å². The minimum absolute atomic E-state index is 0.664. The third-order valence-electron chi connectivity index (χ3n) is 3.02. The molecule has 0 saturated carbocycles. The molecule has 7 nitrogen and oxygen atoms in total. The smallest absolute Gasteiger partial charge is 0.148 e. The number of nitrogen functional groups attached to an aromatic ring is 1. The van der Waals surface area contributed by atoms with Gasteiger partial charge in [0, 0.05) is 37.3 Å². The molecule has 0 aliphatic rings. The third kappa shape index (κ3) is 3.24. The van der Waals surface area contributed by atoms with Crippen LogP contribution >= 0.6 is 0 Å². The van der Waals surface area contributed by atoms with E-state index >= 15 is 0 Å². The van der Waals surface area contributed by atoms with Crippen LogP contribution < -0.4 is 16.6 Å². The summed E-state index contributed by atoms with van der Waals surface area (Å²) in [6.07, 6.45) is 5.63. The first-order chi connectivity index (χ1) is 9.63. The quantitative estimate of drug-likeness (QED) is 0.544. The molecule has 0 fully saturated rings. The maximum atomic E-state index is 5.51. The molecule has 0 unspecified atom stereocenters. The van der Waals surface area contributed by atoms with Gasteiger partial charge in [-0.3, -0.25) is 4.68 Å². The predicted octanol–water partition coefficient (Wildman–Crippen LogP) is 1.37. The zero-order valence-corrected chi connectivity index (χ0v) is 12.1. The summed E-state index contributed by atoms with van der Waals surface area (Å²) in [6.45, 7) is 4.71. The van der Waals surface area contributed by atoms with Crippen molar-refractivity contribution in [2.75, 3.05) is 10.7 Å². The van der Waals surface area contributed by atoms with Crippen molar-refractivity contribution in [1.29, 1.82) is 0 Å². The lowest BCUT2D eigenvalue weighted by Crippen LogP contribution is -2.15. The summed E-state index contributed by atoms with van der Waals surface area (Å²) in [6, 6.07) is 0. The molecule has 2 rings (SSSR count). The second kappa shape index (κ2) is 6.33. The van der Waals surface area contributed by atoms with Crippen LogP contribution in [0.4, 0.5) is 11.6 Å². The lowest BCUT2D eigenvalue weighted by Gasteiger charge is -2.13. The van der Waals surface area contributed by atoms with Crippen LogP contribution in [0, 0.1) is 6.92 Å². The number of hydrogen-bond donors (Lipinski definition) is 3. The van der Waals surface area contributed by atoms with Gasteiger partial charge in [-0.1, -0.05) is 6.92 Å². The monoisotopic (exact) mass is 275 g/mol. The van der Waals surface area contributed by atoms with Crippen LogP contribution in [0.5, 0.6) is 0 Å². The molecule has 2 aromatic heterocycles. The number of nitrogens with zero attached hydrogens (tertiary/aromatic N) is 4. The van der Waals surface area contributed by atoms with Gasteiger partial charge >= 0.3 is 0 Å². The molecule has 0 spiro atoms. The van der Waals surface area contributed by atoms with Crippen molar-refractivity contribution in [2.45, 2.75) is 33.2 Å². The van der Waals surface area contributed by atoms with Crippen molar-refractivity contribution < 1.29 is 0 Å². The molecule has 7 heteroatoms. The van der Waals surface area contributed by atoms with Crippen molar-refractivity contribution in [3.05, 3.63) is 29.3 Å². The molecule has 0 amide bonds. The highest BCUT2D eigenvalue weighted by atomic mass is 15.3. The summed E-state index contributed by atoms with van der Waals surface area (Å²) in [4.78, 5) is 8.94. The van der Waals surface area contributed by atoms with Gasteiger partial charge in [-0.05, 0) is 13.3 Å². The Hall–Kier alpha value is -2.15. The van der Waals surface area contributed by atoms with E-state index in [4.69, 9.17) is 5.84 Å². The van der Waals surface area contributed by atoms with Gasteiger partial charge in [0.25, 0.3) is 0 Å². The summed E-state index contributed by atoms with van der Waals surface area (Å²) in [5, 5.41) is 7.46. The third-order valence-corrected chi connectivity index (χ3v) is 3.02. The summed E-state index contributed by atoms with van der Waals surface area (Å²) in [5.74, 6) is 7.78. The highest BCUT2D eigenvalue weighted by molar-refractivity contribution is 5.56. The average Bonchev–Trinajstić information content (AvgIpc) is 2.85. The van der Waals surface area contributed by atoms with Crippen molar-refractivity contribution in [3.63, 3.8) is 0 Å². The minimum atomic E-state index is 0.664. The normalized spacial score (nSPS) is 10.6. The van der Waals surface area contributed by atoms with Gasteiger partial charge in [-0.15, -0.1) is 0 Å². The molecule has 0 aliphatic heterocycles. The van der Waals surface area contributed by atoms with E-state index in [1.165, 1.54) is 0 Å².